The smallest absolute Gasteiger partial charge is 0.200 e. The zero-order valence-corrected chi connectivity index (χ0v) is 7.66. The molecule has 1 aliphatic heterocycles. The first-order valence-electron chi connectivity index (χ1n) is 4.70. The number of ether oxygens (including phenoxy) is 1. The lowest BCUT2D eigenvalue weighted by atomic mass is 9.84. The summed E-state index contributed by atoms with van der Waals surface area (Å²) in [5, 5.41) is 9.60. The molecule has 4 atom stereocenters. The van der Waals surface area contributed by atoms with Crippen LogP contribution < -0.4 is 0 Å². The van der Waals surface area contributed by atoms with E-state index in [4.69, 9.17) is 4.74 Å². The Balaban J connectivity index is 2.23. The van der Waals surface area contributed by atoms with Gasteiger partial charge in [0, 0.05) is 5.92 Å². The molecule has 2 rings (SSSR count). The number of rotatable bonds is 0. The summed E-state index contributed by atoms with van der Waals surface area (Å²) in [6.45, 7) is 4.30. The van der Waals surface area contributed by atoms with Crippen LogP contribution in [0.25, 0.3) is 0 Å². The molecule has 12 heavy (non-hydrogen) atoms. The fraction of sp³-hybridized carbons (Fsp3) is 0.800. The Morgan fingerprint density at radius 1 is 1.50 bits per heavy atom. The maximum Gasteiger partial charge on any atom is 0.200 e. The molecule has 0 bridgehead atoms. The Morgan fingerprint density at radius 2 is 2.25 bits per heavy atom. The van der Waals surface area contributed by atoms with Gasteiger partial charge in [0.2, 0.25) is 0 Å². The van der Waals surface area contributed by atoms with Crippen molar-refractivity contribution in [3.63, 3.8) is 0 Å². The molecule has 1 saturated carbocycles. The van der Waals surface area contributed by atoms with Crippen LogP contribution in [0.3, 0.4) is 0 Å². The molecule has 0 saturated heterocycles. The second-order valence-corrected chi connectivity index (χ2v) is 4.13. The van der Waals surface area contributed by atoms with E-state index in [0.29, 0.717) is 17.8 Å². The summed E-state index contributed by atoms with van der Waals surface area (Å²) < 4.78 is 5.17. The molecule has 0 aromatic rings. The van der Waals surface area contributed by atoms with Crippen LogP contribution in [0.15, 0.2) is 11.8 Å². The lowest BCUT2D eigenvalue weighted by molar-refractivity contribution is -0.121. The van der Waals surface area contributed by atoms with Crippen LogP contribution in [0.2, 0.25) is 0 Å². The second kappa shape index (κ2) is 2.77. The van der Waals surface area contributed by atoms with E-state index in [9.17, 15) is 5.11 Å². The van der Waals surface area contributed by atoms with Crippen molar-refractivity contribution in [1.82, 2.24) is 0 Å². The van der Waals surface area contributed by atoms with E-state index >= 15 is 0 Å². The third-order valence-electron chi connectivity index (χ3n) is 3.36. The van der Waals surface area contributed by atoms with Gasteiger partial charge >= 0.3 is 0 Å². The summed E-state index contributed by atoms with van der Waals surface area (Å²) in [5.74, 6) is 1.52. The Bertz CT molecular complexity index is 210. The average Bonchev–Trinajstić information content (AvgIpc) is 2.42. The third kappa shape index (κ3) is 1.06. The second-order valence-electron chi connectivity index (χ2n) is 4.13. The molecule has 0 radical (unpaired) electrons. The highest BCUT2D eigenvalue weighted by molar-refractivity contribution is 5.09. The maximum absolute atomic E-state index is 9.60. The van der Waals surface area contributed by atoms with Crippen LogP contribution in [0.5, 0.6) is 0 Å². The van der Waals surface area contributed by atoms with Crippen molar-refractivity contribution in [3.05, 3.63) is 11.8 Å². The van der Waals surface area contributed by atoms with Crippen molar-refractivity contribution in [2.45, 2.75) is 33.0 Å². The third-order valence-corrected chi connectivity index (χ3v) is 3.36. The van der Waals surface area contributed by atoms with Gasteiger partial charge in [-0.15, -0.1) is 0 Å². The minimum absolute atomic E-state index is 0.343. The van der Waals surface area contributed by atoms with Crippen LogP contribution in [-0.4, -0.2) is 11.4 Å². The SMILES string of the molecule is CC1=CO[C@@H](O)[C@H]2[C@@H]1CC[C@@H]2C. The molecule has 1 heterocycles. The van der Waals surface area contributed by atoms with Gasteiger partial charge in [0.05, 0.1) is 6.26 Å². The highest BCUT2D eigenvalue weighted by Gasteiger charge is 2.42. The first-order chi connectivity index (χ1) is 5.70. The normalized spacial score (nSPS) is 46.4. The molecule has 1 aliphatic carbocycles. The van der Waals surface area contributed by atoms with Gasteiger partial charge < -0.3 is 9.84 Å². The molecule has 0 amide bonds. The fourth-order valence-electron chi connectivity index (χ4n) is 2.59. The van der Waals surface area contributed by atoms with Gasteiger partial charge in [-0.2, -0.15) is 0 Å². The van der Waals surface area contributed by atoms with Gasteiger partial charge in [-0.1, -0.05) is 6.92 Å². The Morgan fingerprint density at radius 3 is 2.92 bits per heavy atom. The van der Waals surface area contributed by atoms with Gasteiger partial charge in [-0.05, 0) is 37.2 Å². The molecule has 0 unspecified atom stereocenters. The number of allylic oxidation sites excluding steroid dienone is 1. The highest BCUT2D eigenvalue weighted by Crippen LogP contribution is 2.45. The Hall–Kier alpha value is -0.500. The topological polar surface area (TPSA) is 29.5 Å². The molecule has 2 aliphatic rings. The minimum atomic E-state index is -0.559. The summed E-state index contributed by atoms with van der Waals surface area (Å²) in [5.41, 5.74) is 1.30. The largest absolute Gasteiger partial charge is 0.472 e. The van der Waals surface area contributed by atoms with Crippen LogP contribution >= 0.6 is 0 Å². The summed E-state index contributed by atoms with van der Waals surface area (Å²) in [7, 11) is 0. The summed E-state index contributed by atoms with van der Waals surface area (Å²) >= 11 is 0. The van der Waals surface area contributed by atoms with E-state index in [0.717, 1.165) is 0 Å². The highest BCUT2D eigenvalue weighted by atomic mass is 16.6. The number of aliphatic hydroxyl groups excluding tert-OH is 1. The quantitative estimate of drug-likeness (QED) is 0.598. The Labute approximate surface area is 73.2 Å². The molecule has 2 heteroatoms. The summed E-state index contributed by atoms with van der Waals surface area (Å²) in [4.78, 5) is 0. The molecular formula is C10H16O2. The van der Waals surface area contributed by atoms with E-state index in [1.807, 2.05) is 0 Å². The molecule has 2 nitrogen and oxygen atoms in total. The van der Waals surface area contributed by atoms with Crippen molar-refractivity contribution in [1.29, 1.82) is 0 Å². The van der Waals surface area contributed by atoms with Crippen LogP contribution in [-0.2, 0) is 4.74 Å². The van der Waals surface area contributed by atoms with E-state index in [-0.39, 0.29) is 0 Å². The van der Waals surface area contributed by atoms with Crippen LogP contribution in [0.4, 0.5) is 0 Å². The predicted molar refractivity (Wildman–Crippen MR) is 46.2 cm³/mol. The molecule has 1 fully saturated rings. The monoisotopic (exact) mass is 168 g/mol. The van der Waals surface area contributed by atoms with Crippen molar-refractivity contribution < 1.29 is 9.84 Å². The molecule has 1 N–H and O–H groups in total. The standard InChI is InChI=1S/C10H16O2/c1-6-3-4-8-7(2)5-12-10(11)9(6)8/h5-6,8-11H,3-4H2,1-2H3/t6-,8+,9+,10+/m0/s1. The first kappa shape index (κ1) is 8.11. The van der Waals surface area contributed by atoms with Gasteiger partial charge in [0.25, 0.3) is 0 Å². The molecular weight excluding hydrogens is 152 g/mol. The van der Waals surface area contributed by atoms with Gasteiger partial charge in [-0.25, -0.2) is 0 Å². The van der Waals surface area contributed by atoms with E-state index in [2.05, 4.69) is 13.8 Å². The molecule has 0 aromatic heterocycles. The van der Waals surface area contributed by atoms with Crippen LogP contribution in [0.1, 0.15) is 26.7 Å². The summed E-state index contributed by atoms with van der Waals surface area (Å²) in [6, 6.07) is 0. The summed E-state index contributed by atoms with van der Waals surface area (Å²) in [6.07, 6.45) is 3.61. The predicted octanol–water partition coefficient (Wildman–Crippen LogP) is 1.90. The van der Waals surface area contributed by atoms with E-state index in [1.165, 1.54) is 18.4 Å². The number of hydrogen-bond acceptors (Lipinski definition) is 2. The van der Waals surface area contributed by atoms with Crippen molar-refractivity contribution in [3.8, 4) is 0 Å². The molecule has 68 valence electrons. The lowest BCUT2D eigenvalue weighted by Gasteiger charge is -2.31. The maximum atomic E-state index is 9.60. The van der Waals surface area contributed by atoms with Crippen LogP contribution in [0, 0.1) is 17.8 Å². The van der Waals surface area contributed by atoms with Crippen molar-refractivity contribution >= 4 is 0 Å². The number of aliphatic hydroxyl groups is 1. The van der Waals surface area contributed by atoms with Gasteiger partial charge in [-0.3, -0.25) is 0 Å². The fourth-order valence-corrected chi connectivity index (χ4v) is 2.59. The molecule has 0 aromatic carbocycles. The van der Waals surface area contributed by atoms with E-state index in [1.54, 1.807) is 6.26 Å². The zero-order valence-electron chi connectivity index (χ0n) is 7.66. The van der Waals surface area contributed by atoms with Gasteiger partial charge in [0.15, 0.2) is 6.29 Å². The van der Waals surface area contributed by atoms with Gasteiger partial charge in [0.1, 0.15) is 0 Å². The first-order valence-corrected chi connectivity index (χ1v) is 4.70. The van der Waals surface area contributed by atoms with Crippen molar-refractivity contribution in [2.24, 2.45) is 17.8 Å². The number of fused-ring (bicyclic) bond motifs is 1. The average molecular weight is 168 g/mol. The van der Waals surface area contributed by atoms with E-state index < -0.39 is 6.29 Å². The van der Waals surface area contributed by atoms with Crippen molar-refractivity contribution in [2.75, 3.05) is 0 Å². The lowest BCUT2D eigenvalue weighted by Crippen LogP contribution is -2.32. The zero-order chi connectivity index (χ0) is 8.72. The Kier molecular flexibility index (Phi) is 1.87. The minimum Gasteiger partial charge on any atom is -0.472 e. The number of hydrogen-bond donors (Lipinski definition) is 1. The molecule has 0 spiro atoms.